The highest BCUT2D eigenvalue weighted by Gasteiger charge is 2.86. The van der Waals surface area contributed by atoms with E-state index in [1.165, 1.54) is 54.6 Å². The third kappa shape index (κ3) is 3.98. The molecular weight excluding hydrogens is 491 g/mol. The van der Waals surface area contributed by atoms with Crippen molar-refractivity contribution in [2.75, 3.05) is 0 Å². The Morgan fingerprint density at radius 2 is 1.12 bits per heavy atom. The zero-order valence-electron chi connectivity index (χ0n) is 15.9. The first-order valence-electron chi connectivity index (χ1n) is 8.75. The normalized spacial score (nSPS) is 13.8. The average molecular weight is 502 g/mol. The lowest BCUT2D eigenvalue weighted by molar-refractivity contribution is -0.382. The molecule has 13 heteroatoms. The quantitative estimate of drug-likeness (QED) is 0.280. The van der Waals surface area contributed by atoms with Crippen LogP contribution >= 0.6 is 0 Å². The fraction of sp³-hybridized carbons (Fsp3) is 0.200. The second-order valence-electron chi connectivity index (χ2n) is 6.76. The van der Waals surface area contributed by atoms with E-state index in [0.717, 1.165) is 6.07 Å². The Hall–Kier alpha value is -2.96. The van der Waals surface area contributed by atoms with Crippen LogP contribution in [0, 0.1) is 0 Å². The van der Waals surface area contributed by atoms with E-state index >= 15 is 0 Å². The summed E-state index contributed by atoms with van der Waals surface area (Å²) in [7, 11) is -7.08. The van der Waals surface area contributed by atoms with Gasteiger partial charge in [-0.1, -0.05) is 54.6 Å². The van der Waals surface area contributed by atoms with Crippen LogP contribution in [0.2, 0.25) is 0 Å². The van der Waals surface area contributed by atoms with Gasteiger partial charge >= 0.3 is 33.4 Å². The highest BCUT2D eigenvalue weighted by Crippen LogP contribution is 2.55. The third-order valence-corrected chi connectivity index (χ3v) is 5.85. The summed E-state index contributed by atoms with van der Waals surface area (Å²) >= 11 is 0. The molecule has 3 aromatic carbocycles. The minimum Gasteiger partial charge on any atom is -0.377 e. The number of fused-ring (bicyclic) bond motifs is 1. The maximum absolute atomic E-state index is 14.1. The molecule has 3 rings (SSSR count). The van der Waals surface area contributed by atoms with Crippen molar-refractivity contribution < 1.29 is 52.1 Å². The zero-order valence-corrected chi connectivity index (χ0v) is 16.7. The zero-order chi connectivity index (χ0) is 24.9. The van der Waals surface area contributed by atoms with Crippen LogP contribution in [0.5, 0.6) is 5.75 Å². The van der Waals surface area contributed by atoms with Gasteiger partial charge in [-0.3, -0.25) is 0 Å². The molecular formula is C20H11F9O3S. The van der Waals surface area contributed by atoms with Crippen LogP contribution in [-0.4, -0.2) is 31.7 Å². The number of rotatable bonds is 6. The summed E-state index contributed by atoms with van der Waals surface area (Å²) < 4.78 is 147. The number of hydrogen-bond acceptors (Lipinski definition) is 3. The Morgan fingerprint density at radius 1 is 0.636 bits per heavy atom. The molecule has 0 aliphatic heterocycles. The van der Waals surface area contributed by atoms with Gasteiger partial charge in [0, 0.05) is 5.56 Å². The van der Waals surface area contributed by atoms with E-state index in [2.05, 4.69) is 4.18 Å². The van der Waals surface area contributed by atoms with Gasteiger partial charge < -0.3 is 4.18 Å². The van der Waals surface area contributed by atoms with Gasteiger partial charge in [0.25, 0.3) is 0 Å². The minimum atomic E-state index is -7.39. The van der Waals surface area contributed by atoms with Crippen LogP contribution < -0.4 is 4.18 Å². The largest absolute Gasteiger partial charge is 0.460 e. The van der Waals surface area contributed by atoms with Gasteiger partial charge in [-0.05, 0) is 28.5 Å². The molecule has 0 amide bonds. The summed E-state index contributed by atoms with van der Waals surface area (Å²) in [4.78, 5) is 0. The van der Waals surface area contributed by atoms with Crippen LogP contribution in [-0.2, 0) is 10.1 Å². The first kappa shape index (κ1) is 24.7. The molecule has 3 aromatic rings. The standard InChI is InChI=1S/C20H11F9O3S/c21-17(22,19(25,26)27)18(23,24)20(28,29)33(30,31)32-16-11-14-9-5-4-8-13(14)10-15(16)12-6-2-1-3-7-12/h1-11H. The van der Waals surface area contributed by atoms with Crippen LogP contribution in [0.3, 0.4) is 0 Å². The van der Waals surface area contributed by atoms with Gasteiger partial charge in [-0.15, -0.1) is 0 Å². The van der Waals surface area contributed by atoms with E-state index in [-0.39, 0.29) is 16.5 Å². The summed E-state index contributed by atoms with van der Waals surface area (Å²) in [5, 5.41) is -6.35. The number of hydrogen-bond donors (Lipinski definition) is 0. The number of halogens is 9. The molecule has 0 saturated carbocycles. The Morgan fingerprint density at radius 3 is 1.64 bits per heavy atom. The van der Waals surface area contributed by atoms with Crippen LogP contribution in [0.15, 0.2) is 66.7 Å². The molecule has 0 atom stereocenters. The summed E-state index contributed by atoms with van der Waals surface area (Å²) in [6, 6.07) is 15.2. The molecule has 0 heterocycles. The molecule has 178 valence electrons. The molecule has 33 heavy (non-hydrogen) atoms. The van der Waals surface area contributed by atoms with Crippen molar-refractivity contribution in [1.82, 2.24) is 0 Å². The fourth-order valence-corrected chi connectivity index (χ4v) is 3.74. The first-order chi connectivity index (χ1) is 15.0. The SMILES string of the molecule is O=S(=O)(Oc1cc2ccccc2cc1-c1ccccc1)C(F)(F)C(F)(F)C(F)(F)C(F)(F)F. The van der Waals surface area contributed by atoms with E-state index < -0.39 is 39.1 Å². The van der Waals surface area contributed by atoms with Gasteiger partial charge in [0.05, 0.1) is 0 Å². The van der Waals surface area contributed by atoms with Crippen molar-refractivity contribution in [2.45, 2.75) is 23.3 Å². The lowest BCUT2D eigenvalue weighted by atomic mass is 10.0. The highest BCUT2D eigenvalue weighted by molar-refractivity contribution is 7.88. The lowest BCUT2D eigenvalue weighted by Crippen LogP contribution is -2.63. The van der Waals surface area contributed by atoms with Crippen molar-refractivity contribution in [1.29, 1.82) is 0 Å². The monoisotopic (exact) mass is 502 g/mol. The predicted molar refractivity (Wildman–Crippen MR) is 99.8 cm³/mol. The van der Waals surface area contributed by atoms with Crippen molar-refractivity contribution >= 4 is 20.9 Å². The maximum Gasteiger partial charge on any atom is 0.460 e. The molecule has 0 fully saturated rings. The second kappa shape index (κ2) is 7.82. The van der Waals surface area contributed by atoms with Crippen LogP contribution in [0.1, 0.15) is 0 Å². The Labute approximate surface area is 180 Å². The molecule has 3 nitrogen and oxygen atoms in total. The topological polar surface area (TPSA) is 43.4 Å². The number of alkyl halides is 9. The van der Waals surface area contributed by atoms with Gasteiger partial charge in [0.1, 0.15) is 0 Å². The Balaban J connectivity index is 2.16. The summed E-state index contributed by atoms with van der Waals surface area (Å²) in [6.45, 7) is 0. The summed E-state index contributed by atoms with van der Waals surface area (Å²) in [6.07, 6.45) is -7.17. The van der Waals surface area contributed by atoms with Crippen molar-refractivity contribution in [3.8, 4) is 16.9 Å². The predicted octanol–water partition coefficient (Wildman–Crippen LogP) is 6.64. The Bertz CT molecular complexity index is 1270. The van der Waals surface area contributed by atoms with E-state index in [0.29, 0.717) is 5.39 Å². The minimum absolute atomic E-state index is 0.157. The molecule has 0 N–H and O–H groups in total. The van der Waals surface area contributed by atoms with Gasteiger partial charge in [-0.2, -0.15) is 47.9 Å². The molecule has 0 bridgehead atoms. The first-order valence-corrected chi connectivity index (χ1v) is 10.2. The van der Waals surface area contributed by atoms with E-state index in [1.54, 1.807) is 6.07 Å². The fourth-order valence-electron chi connectivity index (χ4n) is 2.82. The van der Waals surface area contributed by atoms with Gasteiger partial charge in [0.2, 0.25) is 0 Å². The van der Waals surface area contributed by atoms with Crippen molar-refractivity contribution in [2.24, 2.45) is 0 Å². The van der Waals surface area contributed by atoms with Crippen molar-refractivity contribution in [3.63, 3.8) is 0 Å². The molecule has 0 aliphatic rings. The van der Waals surface area contributed by atoms with Crippen LogP contribution in [0.4, 0.5) is 39.5 Å². The molecule has 0 aliphatic carbocycles. The average Bonchev–Trinajstić information content (AvgIpc) is 2.72. The molecule has 0 spiro atoms. The summed E-state index contributed by atoms with van der Waals surface area (Å²) in [5.74, 6) is -15.8. The van der Waals surface area contributed by atoms with Gasteiger partial charge in [-0.25, -0.2) is 0 Å². The molecule has 0 aromatic heterocycles. The maximum atomic E-state index is 14.1. The molecule has 0 radical (unpaired) electrons. The van der Waals surface area contributed by atoms with E-state index in [9.17, 15) is 47.9 Å². The van der Waals surface area contributed by atoms with Gasteiger partial charge in [0.15, 0.2) is 5.75 Å². The van der Waals surface area contributed by atoms with Crippen LogP contribution in [0.25, 0.3) is 21.9 Å². The smallest absolute Gasteiger partial charge is 0.377 e. The molecule has 0 unspecified atom stereocenters. The van der Waals surface area contributed by atoms with E-state index in [4.69, 9.17) is 0 Å². The third-order valence-electron chi connectivity index (χ3n) is 4.56. The second-order valence-corrected chi connectivity index (χ2v) is 8.35. The summed E-state index contributed by atoms with van der Waals surface area (Å²) in [5.41, 5.74) is -0.0660. The highest BCUT2D eigenvalue weighted by atomic mass is 32.2. The van der Waals surface area contributed by atoms with Crippen molar-refractivity contribution in [3.05, 3.63) is 66.7 Å². The number of benzene rings is 3. The Kier molecular flexibility index (Phi) is 5.85. The lowest BCUT2D eigenvalue weighted by Gasteiger charge is -2.32. The van der Waals surface area contributed by atoms with E-state index in [1.807, 2.05) is 0 Å². The molecule has 0 saturated heterocycles.